The summed E-state index contributed by atoms with van der Waals surface area (Å²) in [5, 5.41) is 84.1. The van der Waals surface area contributed by atoms with Crippen molar-refractivity contribution in [2.75, 3.05) is 72.0 Å². The first-order chi connectivity index (χ1) is 63.8. The number of likely N-dealkylation sites (N-methyl/N-ethyl adjacent to an activating group) is 3. The average Bonchev–Trinajstić information content (AvgIpc) is 1.61. The van der Waals surface area contributed by atoms with Crippen LogP contribution in [0.15, 0.2) is 96.9 Å². The summed E-state index contributed by atoms with van der Waals surface area (Å²) in [6.45, 7) is 2.70. The molecule has 9 rings (SSSR count). The Morgan fingerprint density at radius 2 is 1.26 bits per heavy atom. The van der Waals surface area contributed by atoms with Crippen molar-refractivity contribution in [1.29, 1.82) is 5.41 Å². The monoisotopic (exact) mass is 1900 g/mol. The van der Waals surface area contributed by atoms with Crippen molar-refractivity contribution in [3.63, 3.8) is 0 Å². The molecule has 0 saturated carbocycles. The van der Waals surface area contributed by atoms with Crippen LogP contribution < -0.4 is 75.7 Å². The van der Waals surface area contributed by atoms with E-state index < -0.39 is 247 Å². The number of fused-ring (bicyclic) bond motifs is 4. The number of nitrogens with zero attached hydrogens (tertiary/aromatic N) is 6. The minimum atomic E-state index is -2.33. The molecule has 0 bridgehead atoms. The lowest BCUT2D eigenvalue weighted by molar-refractivity contribution is -0.150. The van der Waals surface area contributed by atoms with Gasteiger partial charge in [0, 0.05) is 106 Å². The highest BCUT2D eigenvalue weighted by Gasteiger charge is 2.52. The van der Waals surface area contributed by atoms with Crippen LogP contribution in [0.3, 0.4) is 0 Å². The van der Waals surface area contributed by atoms with Gasteiger partial charge >= 0.3 is 0 Å². The minimum Gasteiger partial charge on any atom is -0.508 e. The van der Waals surface area contributed by atoms with Gasteiger partial charge in [0.25, 0.3) is 0 Å². The molecule has 0 aliphatic carbocycles. The van der Waals surface area contributed by atoms with Gasteiger partial charge in [-0.15, -0.1) is 23.1 Å². The molecule has 46 heteroatoms. The number of aldehydes is 1. The van der Waals surface area contributed by atoms with E-state index in [1.807, 2.05) is 6.07 Å². The molecule has 6 aromatic rings. The van der Waals surface area contributed by atoms with Crippen LogP contribution in [0, 0.1) is 11.3 Å². The second-order valence-electron chi connectivity index (χ2n) is 34.0. The first kappa shape index (κ1) is 105. The number of imidazole rings is 1. The lowest BCUT2D eigenvalue weighted by Crippen LogP contribution is -2.67. The van der Waals surface area contributed by atoms with Crippen LogP contribution in [0.5, 0.6) is 5.75 Å². The number of carbonyl (C=O) groups is 17. The Morgan fingerprint density at radius 3 is 1.93 bits per heavy atom. The molecule has 2 unspecified atom stereocenters. The normalized spacial score (nSPS) is 25.3. The molecule has 134 heavy (non-hydrogen) atoms. The Morgan fingerprint density at radius 1 is 0.634 bits per heavy atom. The lowest BCUT2D eigenvalue weighted by atomic mass is 9.98. The number of phenols is 1. The standard InChI is InChI=1S/C88H121N23O21S2/c1-8-9-20-68-86(132)109(7)69(41-113)81(127)99-58(19-14-27-94-87(91)92)76(122)105-66(75(121)96-38-72(90)118)43-133-44-73(119)98-62(30-49-23-25-53(115)26-24-49)82(128)107(5)48(4)74(120)101-64(34-71(89)117)84(130)110-28-15-21-67(110)80(126)100-59(33-52-37-93-46-97-52)77(123)102-61(29-47(2)3)85(131)111-39-54(116)35-88(111,45-114)106-60(31-50-36-95-57-18-12-10-16-55(50)57)78(124)104-65(40-112)79(125)103-63(83(129)108(68)6)32-51-42-134-70-22-13-11-17-56(51)70/h10-13,16-18,22-26,36-37,42,45-48,54,58-69,95,106,112-113,115-116H,8-9,14-15,19-21,27-35,38-41,43-44H2,1-7H3,(H2,89,117)(H2,90,118)(H,93,97)(H,96,121)(H,98,119)(H,99,127)(H,100,126)(H,101,120)(H,102,123)(H,103,125)(H,104,124)(H,105,122)(H4,91,92,94)/t48-,54+,58-,59-,60-,61-,62-,63-,64-,65-,66?,67-,68-,69-,88?/m0/s1. The quantitative estimate of drug-likeness (QED) is 0.0111. The number of aliphatic hydroxyl groups excluding tert-OH is 3. The summed E-state index contributed by atoms with van der Waals surface area (Å²) in [5.74, 6) is -18.2. The van der Waals surface area contributed by atoms with Crippen molar-refractivity contribution in [3.8, 4) is 5.75 Å². The number of benzene rings is 3. The van der Waals surface area contributed by atoms with Gasteiger partial charge in [-0.3, -0.25) is 92.2 Å². The molecular formula is C88H121N23O21S2. The first-order valence-corrected chi connectivity index (χ1v) is 46.1. The van der Waals surface area contributed by atoms with Gasteiger partial charge in [-0.25, -0.2) is 4.98 Å². The van der Waals surface area contributed by atoms with Crippen molar-refractivity contribution in [2.24, 2.45) is 23.1 Å². The molecule has 3 aliphatic rings. The number of unbranched alkanes of at least 4 members (excludes halogenated alkanes) is 1. The second kappa shape index (κ2) is 49.0. The molecule has 0 radical (unpaired) electrons. The molecule has 3 aliphatic heterocycles. The zero-order chi connectivity index (χ0) is 97.9. The molecule has 15 atom stereocenters. The van der Waals surface area contributed by atoms with Crippen LogP contribution in [-0.2, 0) is 107 Å². The van der Waals surface area contributed by atoms with Crippen LogP contribution in [0.4, 0.5) is 0 Å². The summed E-state index contributed by atoms with van der Waals surface area (Å²) in [5.41, 5.74) is 16.6. The van der Waals surface area contributed by atoms with E-state index in [0.717, 1.165) is 48.0 Å². The van der Waals surface area contributed by atoms with E-state index in [-0.39, 0.29) is 89.5 Å². The lowest BCUT2D eigenvalue weighted by Gasteiger charge is -2.39. The van der Waals surface area contributed by atoms with Gasteiger partial charge in [0.1, 0.15) is 78.3 Å². The number of H-pyrrole nitrogens is 2. The molecule has 0 spiro atoms. The van der Waals surface area contributed by atoms with Gasteiger partial charge in [0.15, 0.2) is 17.9 Å². The highest BCUT2D eigenvalue weighted by atomic mass is 32.2. The predicted molar refractivity (Wildman–Crippen MR) is 491 cm³/mol. The SMILES string of the molecule is CCCC[C@H]1C(=O)N(C)[C@@H](CO)C(=O)N[C@@H](CCCNC(=N)N)C(=O)NC(C(=O)NCC(N)=O)CSCC(=O)N[C@@H](Cc2ccc(O)cc2)C(=O)N(C)[C@@H](C)C(=O)N[C@@H](CC(N)=O)C(=O)N2CCC[C@H]2C(=O)N[C@@H](Cc2cnc[nH]2)C(=O)N[C@@H](CC(C)C)C(=O)N2C[C@H](O)CC2(C=O)N[C@@H](Cc2c[nH]c3ccccc23)C(=O)N[C@@H](CO)C(=O)N[C@@H](Cc2csc3ccccc23)C(=O)N1C. The third kappa shape index (κ3) is 28.0. The number of nitrogens with one attached hydrogen (secondary N) is 14. The van der Waals surface area contributed by atoms with Crippen LogP contribution in [0.25, 0.3) is 21.0 Å². The Hall–Kier alpha value is -13.2. The molecule has 3 saturated heterocycles. The number of rotatable bonds is 25. The average molecular weight is 1900 g/mol. The third-order valence-corrected chi connectivity index (χ3v) is 25.7. The largest absolute Gasteiger partial charge is 0.508 e. The van der Waals surface area contributed by atoms with Crippen LogP contribution in [0.2, 0.25) is 0 Å². The molecular weight excluding hydrogens is 1780 g/mol. The molecule has 726 valence electrons. The number of para-hydroxylation sites is 1. The van der Waals surface area contributed by atoms with E-state index in [1.165, 1.54) is 69.1 Å². The van der Waals surface area contributed by atoms with Crippen LogP contribution >= 0.6 is 23.1 Å². The van der Waals surface area contributed by atoms with E-state index in [9.17, 15) is 73.2 Å². The number of amides is 16. The Balaban J connectivity index is 1.11. The van der Waals surface area contributed by atoms with Gasteiger partial charge in [-0.1, -0.05) is 82.1 Å². The van der Waals surface area contributed by atoms with Gasteiger partial charge in [0.05, 0.1) is 50.4 Å². The maximum atomic E-state index is 15.7. The summed E-state index contributed by atoms with van der Waals surface area (Å²) in [6.07, 6.45) is 0.640. The van der Waals surface area contributed by atoms with E-state index in [1.54, 1.807) is 74.8 Å². The fourth-order valence-corrected chi connectivity index (χ4v) is 18.2. The molecule has 44 nitrogen and oxygen atoms in total. The third-order valence-electron chi connectivity index (χ3n) is 23.7. The highest BCUT2D eigenvalue weighted by molar-refractivity contribution is 8.00. The fraction of sp³-hybridized carbons (Fsp3) is 0.511. The minimum absolute atomic E-state index is 0.0313. The van der Waals surface area contributed by atoms with E-state index >= 15 is 28.8 Å². The highest BCUT2D eigenvalue weighted by Crippen LogP contribution is 2.32. The number of aromatic nitrogens is 3. The Labute approximate surface area is 780 Å². The number of guanidine groups is 1. The smallest absolute Gasteiger partial charge is 0.247 e. The van der Waals surface area contributed by atoms with Gasteiger partial charge < -0.3 is 125 Å². The summed E-state index contributed by atoms with van der Waals surface area (Å²) < 4.78 is 0.779. The number of aromatic amines is 2. The second-order valence-corrected chi connectivity index (χ2v) is 35.9. The number of thiophene rings is 1. The van der Waals surface area contributed by atoms with E-state index in [2.05, 4.69) is 73.4 Å². The Bertz CT molecular complexity index is 5210. The molecule has 3 aromatic carbocycles. The predicted octanol–water partition coefficient (Wildman–Crippen LogP) is -4.39. The van der Waals surface area contributed by atoms with Crippen molar-refractivity contribution < 1.29 is 102 Å². The van der Waals surface area contributed by atoms with E-state index in [4.69, 9.17) is 22.6 Å². The maximum Gasteiger partial charge on any atom is 0.247 e. The summed E-state index contributed by atoms with van der Waals surface area (Å²) >= 11 is 2.04. The van der Waals surface area contributed by atoms with Crippen LogP contribution in [0.1, 0.15) is 114 Å². The van der Waals surface area contributed by atoms with Crippen molar-refractivity contribution in [2.45, 2.75) is 208 Å². The van der Waals surface area contributed by atoms with Crippen molar-refractivity contribution >= 4 is 151 Å². The molecule has 6 heterocycles. The van der Waals surface area contributed by atoms with Gasteiger partial charge in [-0.05, 0) is 110 Å². The van der Waals surface area contributed by atoms with Gasteiger partial charge in [-0.2, -0.15) is 0 Å². The molecule has 3 aromatic heterocycles. The zero-order valence-corrected chi connectivity index (χ0v) is 77.1. The topological polar surface area (TPSA) is 666 Å². The molecule has 16 amide bonds. The number of phenolic OH excluding ortho intramolecular Hbond substituents is 1. The number of aliphatic hydroxyl groups is 3. The van der Waals surface area contributed by atoms with Crippen molar-refractivity contribution in [1.82, 2.24) is 97.9 Å². The molecule has 24 N–H and O–H groups in total. The number of aromatic hydroxyl groups is 1. The summed E-state index contributed by atoms with van der Waals surface area (Å²) in [7, 11) is 3.63. The number of thioether (sulfide) groups is 1. The van der Waals surface area contributed by atoms with E-state index in [0.29, 0.717) is 51.4 Å². The van der Waals surface area contributed by atoms with Crippen LogP contribution in [-0.4, -0.2) is 329 Å². The number of nitrogens with two attached hydrogens (primary N) is 3. The number of carbonyl (C=O) groups excluding carboxylic acids is 17. The van der Waals surface area contributed by atoms with Gasteiger partial charge in [0.2, 0.25) is 94.5 Å². The first-order valence-electron chi connectivity index (χ1n) is 44.0. The molecule has 3 fully saturated rings. The van der Waals surface area contributed by atoms with Crippen molar-refractivity contribution in [3.05, 3.63) is 119 Å². The number of primary amides is 2. The zero-order valence-electron chi connectivity index (χ0n) is 75.5. The summed E-state index contributed by atoms with van der Waals surface area (Å²) in [6, 6.07) is -1.82. The Kier molecular flexibility index (Phi) is 38.2. The maximum absolute atomic E-state index is 15.7. The number of hydrogen-bond acceptors (Lipinski definition) is 26. The summed E-state index contributed by atoms with van der Waals surface area (Å²) in [4.78, 5) is 264. The fourth-order valence-electron chi connectivity index (χ4n) is 16.4. The number of hydrogen-bond donors (Lipinski definition) is 21.